The smallest absolute Gasteiger partial charge is 0.176 e. The first-order chi connectivity index (χ1) is 6.06. The van der Waals surface area contributed by atoms with E-state index in [1.165, 1.54) is 6.07 Å². The Morgan fingerprint density at radius 1 is 1.46 bits per heavy atom. The standard InChI is InChI=1S/C10H12FNO/c1-6-3-8(10(13)5-12)4-9(11)7(6)2/h3-4H,5,12H2,1-2H3. The largest absolute Gasteiger partial charge is 0.324 e. The quantitative estimate of drug-likeness (QED) is 0.704. The average molecular weight is 181 g/mol. The number of carbonyl (C=O) groups excluding carboxylic acids is 1. The van der Waals surface area contributed by atoms with Gasteiger partial charge in [-0.2, -0.15) is 0 Å². The summed E-state index contributed by atoms with van der Waals surface area (Å²) >= 11 is 0. The molecule has 0 spiro atoms. The summed E-state index contributed by atoms with van der Waals surface area (Å²) in [4.78, 5) is 11.1. The summed E-state index contributed by atoms with van der Waals surface area (Å²) in [5, 5.41) is 0. The number of ketones is 1. The Bertz CT molecular complexity index is 324. The SMILES string of the molecule is Cc1cc(C(=O)CN)cc(F)c1C. The number of hydrogen-bond acceptors (Lipinski definition) is 2. The molecule has 2 N–H and O–H groups in total. The molecule has 3 heteroatoms. The second-order valence-electron chi connectivity index (χ2n) is 3.03. The van der Waals surface area contributed by atoms with Crippen LogP contribution in [0.4, 0.5) is 4.39 Å². The monoisotopic (exact) mass is 181 g/mol. The molecule has 0 unspecified atom stereocenters. The van der Waals surface area contributed by atoms with Crippen LogP contribution in [-0.4, -0.2) is 12.3 Å². The van der Waals surface area contributed by atoms with Crippen LogP contribution in [0.2, 0.25) is 0 Å². The van der Waals surface area contributed by atoms with Crippen molar-refractivity contribution in [2.75, 3.05) is 6.54 Å². The second-order valence-corrected chi connectivity index (χ2v) is 3.03. The van der Waals surface area contributed by atoms with Crippen LogP contribution >= 0.6 is 0 Å². The number of carbonyl (C=O) groups is 1. The van der Waals surface area contributed by atoms with Crippen LogP contribution in [0.1, 0.15) is 21.5 Å². The van der Waals surface area contributed by atoms with E-state index in [0.29, 0.717) is 11.1 Å². The van der Waals surface area contributed by atoms with Crippen LogP contribution in [0.3, 0.4) is 0 Å². The van der Waals surface area contributed by atoms with Crippen molar-refractivity contribution >= 4 is 5.78 Å². The normalized spacial score (nSPS) is 10.2. The van der Waals surface area contributed by atoms with E-state index in [1.807, 2.05) is 0 Å². The third kappa shape index (κ3) is 1.92. The summed E-state index contributed by atoms with van der Waals surface area (Å²) in [5.74, 6) is -0.584. The third-order valence-corrected chi connectivity index (χ3v) is 2.11. The highest BCUT2D eigenvalue weighted by Crippen LogP contribution is 2.14. The second kappa shape index (κ2) is 3.66. The molecule has 2 nitrogen and oxygen atoms in total. The highest BCUT2D eigenvalue weighted by Gasteiger charge is 2.08. The highest BCUT2D eigenvalue weighted by molar-refractivity contribution is 5.97. The number of rotatable bonds is 2. The Labute approximate surface area is 76.6 Å². The van der Waals surface area contributed by atoms with E-state index in [2.05, 4.69) is 0 Å². The molecule has 0 aliphatic rings. The highest BCUT2D eigenvalue weighted by atomic mass is 19.1. The van der Waals surface area contributed by atoms with E-state index in [-0.39, 0.29) is 18.1 Å². The Hall–Kier alpha value is -1.22. The lowest BCUT2D eigenvalue weighted by atomic mass is 10.0. The first kappa shape index (κ1) is 9.86. The van der Waals surface area contributed by atoms with Gasteiger partial charge in [0.2, 0.25) is 0 Å². The van der Waals surface area contributed by atoms with E-state index in [9.17, 15) is 9.18 Å². The molecule has 0 amide bonds. The van der Waals surface area contributed by atoms with Crippen molar-refractivity contribution in [1.82, 2.24) is 0 Å². The van der Waals surface area contributed by atoms with Crippen LogP contribution < -0.4 is 5.73 Å². The Morgan fingerprint density at radius 2 is 2.08 bits per heavy atom. The van der Waals surface area contributed by atoms with Crippen molar-refractivity contribution < 1.29 is 9.18 Å². The van der Waals surface area contributed by atoms with Gasteiger partial charge in [-0.05, 0) is 37.1 Å². The van der Waals surface area contributed by atoms with Crippen LogP contribution in [0.25, 0.3) is 0 Å². The van der Waals surface area contributed by atoms with Crippen molar-refractivity contribution in [1.29, 1.82) is 0 Å². The minimum Gasteiger partial charge on any atom is -0.324 e. The van der Waals surface area contributed by atoms with Crippen molar-refractivity contribution in [3.8, 4) is 0 Å². The zero-order chi connectivity index (χ0) is 10.0. The number of aryl methyl sites for hydroxylation is 1. The lowest BCUT2D eigenvalue weighted by Gasteiger charge is -2.04. The topological polar surface area (TPSA) is 43.1 Å². The molecule has 0 aliphatic heterocycles. The summed E-state index contributed by atoms with van der Waals surface area (Å²) in [6.45, 7) is 3.37. The summed E-state index contributed by atoms with van der Waals surface area (Å²) in [6, 6.07) is 2.89. The van der Waals surface area contributed by atoms with E-state index >= 15 is 0 Å². The van der Waals surface area contributed by atoms with Gasteiger partial charge < -0.3 is 5.73 Å². The van der Waals surface area contributed by atoms with Gasteiger partial charge in [0.1, 0.15) is 5.82 Å². The molecule has 1 aromatic rings. The van der Waals surface area contributed by atoms with Gasteiger partial charge in [0.25, 0.3) is 0 Å². The molecule has 0 aromatic heterocycles. The Kier molecular flexibility index (Phi) is 2.78. The summed E-state index contributed by atoms with van der Waals surface area (Å²) in [6.07, 6.45) is 0. The number of benzene rings is 1. The third-order valence-electron chi connectivity index (χ3n) is 2.11. The fourth-order valence-corrected chi connectivity index (χ4v) is 1.10. The van der Waals surface area contributed by atoms with Crippen LogP contribution in [0.5, 0.6) is 0 Å². The maximum Gasteiger partial charge on any atom is 0.176 e. The Morgan fingerprint density at radius 3 is 2.54 bits per heavy atom. The minimum atomic E-state index is -0.350. The Balaban J connectivity index is 3.20. The molecular weight excluding hydrogens is 169 g/mol. The van der Waals surface area contributed by atoms with Gasteiger partial charge in [0, 0.05) is 5.56 Å². The minimum absolute atomic E-state index is 0.0814. The summed E-state index contributed by atoms with van der Waals surface area (Å²) in [5.41, 5.74) is 6.87. The summed E-state index contributed by atoms with van der Waals surface area (Å²) < 4.78 is 13.1. The maximum atomic E-state index is 13.1. The van der Waals surface area contributed by atoms with E-state index in [4.69, 9.17) is 5.73 Å². The molecule has 0 radical (unpaired) electrons. The van der Waals surface area contributed by atoms with Gasteiger partial charge in [-0.3, -0.25) is 4.79 Å². The molecule has 0 atom stereocenters. The van der Waals surface area contributed by atoms with Crippen molar-refractivity contribution in [3.63, 3.8) is 0 Å². The number of nitrogens with two attached hydrogens (primary N) is 1. The van der Waals surface area contributed by atoms with Crippen molar-refractivity contribution in [2.45, 2.75) is 13.8 Å². The first-order valence-corrected chi connectivity index (χ1v) is 4.06. The van der Waals surface area contributed by atoms with Gasteiger partial charge in [0.15, 0.2) is 5.78 Å². The molecule has 0 saturated carbocycles. The fraction of sp³-hybridized carbons (Fsp3) is 0.300. The molecule has 0 bridgehead atoms. The van der Waals surface area contributed by atoms with Gasteiger partial charge in [0.05, 0.1) is 6.54 Å². The molecule has 0 aliphatic carbocycles. The van der Waals surface area contributed by atoms with Gasteiger partial charge >= 0.3 is 0 Å². The zero-order valence-corrected chi connectivity index (χ0v) is 7.73. The predicted molar refractivity (Wildman–Crippen MR) is 49.3 cm³/mol. The maximum absolute atomic E-state index is 13.1. The van der Waals surface area contributed by atoms with Crippen LogP contribution in [-0.2, 0) is 0 Å². The lowest BCUT2D eigenvalue weighted by molar-refractivity contribution is 0.100. The molecule has 0 heterocycles. The molecular formula is C10H12FNO. The first-order valence-electron chi connectivity index (χ1n) is 4.06. The molecule has 1 aromatic carbocycles. The molecule has 0 saturated heterocycles. The van der Waals surface area contributed by atoms with E-state index in [0.717, 1.165) is 5.56 Å². The molecule has 70 valence electrons. The number of halogens is 1. The zero-order valence-electron chi connectivity index (χ0n) is 7.73. The number of Topliss-reactive ketones (excluding diaryl/α,β-unsaturated/α-hetero) is 1. The van der Waals surface area contributed by atoms with Crippen LogP contribution in [0, 0.1) is 19.7 Å². The van der Waals surface area contributed by atoms with E-state index in [1.54, 1.807) is 19.9 Å². The van der Waals surface area contributed by atoms with Gasteiger partial charge in [-0.25, -0.2) is 4.39 Å². The average Bonchev–Trinajstić information content (AvgIpc) is 2.12. The van der Waals surface area contributed by atoms with Crippen molar-refractivity contribution in [2.24, 2.45) is 5.73 Å². The van der Waals surface area contributed by atoms with Gasteiger partial charge in [-0.1, -0.05) is 0 Å². The van der Waals surface area contributed by atoms with Crippen LogP contribution in [0.15, 0.2) is 12.1 Å². The van der Waals surface area contributed by atoms with Gasteiger partial charge in [-0.15, -0.1) is 0 Å². The van der Waals surface area contributed by atoms with E-state index < -0.39 is 0 Å². The lowest BCUT2D eigenvalue weighted by Crippen LogP contribution is -2.14. The molecule has 0 fully saturated rings. The summed E-state index contributed by atoms with van der Waals surface area (Å²) in [7, 11) is 0. The predicted octanol–water partition coefficient (Wildman–Crippen LogP) is 1.58. The molecule has 1 rings (SSSR count). The van der Waals surface area contributed by atoms with Crippen molar-refractivity contribution in [3.05, 3.63) is 34.6 Å². The molecule has 13 heavy (non-hydrogen) atoms. The fourth-order valence-electron chi connectivity index (χ4n) is 1.10. The number of hydrogen-bond donors (Lipinski definition) is 1.